The van der Waals surface area contributed by atoms with Crippen LogP contribution in [0.2, 0.25) is 0 Å². The summed E-state index contributed by atoms with van der Waals surface area (Å²) in [6, 6.07) is 4.00. The highest BCUT2D eigenvalue weighted by Crippen LogP contribution is 2.38. The van der Waals surface area contributed by atoms with Crippen molar-refractivity contribution < 1.29 is 9.53 Å². The summed E-state index contributed by atoms with van der Waals surface area (Å²) in [5.74, 6) is 1.18. The van der Waals surface area contributed by atoms with Gasteiger partial charge in [-0.25, -0.2) is 4.98 Å². The molecule has 26 heavy (non-hydrogen) atoms. The topological polar surface area (TPSA) is 45.7 Å². The number of carbonyl (C=O) groups excluding carboxylic acids is 1. The Kier molecular flexibility index (Phi) is 7.26. The maximum absolute atomic E-state index is 13.0. The first-order valence-electron chi connectivity index (χ1n) is 8.91. The zero-order chi connectivity index (χ0) is 18.0. The Labute approximate surface area is 165 Å². The van der Waals surface area contributed by atoms with Crippen LogP contribution in [0.5, 0.6) is 5.75 Å². The summed E-state index contributed by atoms with van der Waals surface area (Å²) in [7, 11) is 5.78. The van der Waals surface area contributed by atoms with E-state index in [2.05, 4.69) is 25.9 Å². The average Bonchev–Trinajstić information content (AvgIpc) is 2.95. The summed E-state index contributed by atoms with van der Waals surface area (Å²) >= 11 is 1.60. The van der Waals surface area contributed by atoms with Gasteiger partial charge in [-0.2, -0.15) is 0 Å². The molecule has 0 radical (unpaired) electrons. The number of methoxy groups -OCH3 is 1. The average molecular weight is 398 g/mol. The van der Waals surface area contributed by atoms with Crippen molar-refractivity contribution in [3.63, 3.8) is 0 Å². The highest BCUT2D eigenvalue weighted by atomic mass is 35.5. The van der Waals surface area contributed by atoms with Crippen LogP contribution in [0.25, 0.3) is 10.2 Å². The van der Waals surface area contributed by atoms with Gasteiger partial charge in [-0.3, -0.25) is 9.69 Å². The van der Waals surface area contributed by atoms with Crippen molar-refractivity contribution in [2.45, 2.75) is 32.6 Å². The van der Waals surface area contributed by atoms with Crippen molar-refractivity contribution in [1.82, 2.24) is 9.88 Å². The van der Waals surface area contributed by atoms with Crippen LogP contribution in [0.3, 0.4) is 0 Å². The predicted octanol–water partition coefficient (Wildman–Crippen LogP) is 4.12. The van der Waals surface area contributed by atoms with Gasteiger partial charge in [0, 0.05) is 12.5 Å². The Balaban J connectivity index is 0.00000243. The minimum Gasteiger partial charge on any atom is -0.494 e. The lowest BCUT2D eigenvalue weighted by Crippen LogP contribution is -2.40. The lowest BCUT2D eigenvalue weighted by atomic mass is 9.84. The number of thiazole rings is 1. The SMILES string of the molecule is COc1ccc(C)c2sc(N(CCCN(C)C)C(=O)C3CCC3)nc12.Cl. The number of ether oxygens (including phenoxy) is 1. The molecule has 0 spiro atoms. The van der Waals surface area contributed by atoms with Gasteiger partial charge >= 0.3 is 0 Å². The third-order valence-corrected chi connectivity index (χ3v) is 6.06. The smallest absolute Gasteiger partial charge is 0.231 e. The first-order valence-corrected chi connectivity index (χ1v) is 9.73. The second kappa shape index (κ2) is 9.02. The number of aryl methyl sites for hydroxylation is 1. The molecule has 1 aliphatic rings. The summed E-state index contributed by atoms with van der Waals surface area (Å²) in [6.45, 7) is 3.75. The van der Waals surface area contributed by atoms with Crippen molar-refractivity contribution >= 4 is 45.0 Å². The van der Waals surface area contributed by atoms with Crippen LogP contribution in [-0.2, 0) is 4.79 Å². The van der Waals surface area contributed by atoms with Crippen LogP contribution in [0, 0.1) is 12.8 Å². The quantitative estimate of drug-likeness (QED) is 0.705. The van der Waals surface area contributed by atoms with E-state index in [-0.39, 0.29) is 24.2 Å². The van der Waals surface area contributed by atoms with Crippen LogP contribution < -0.4 is 9.64 Å². The number of rotatable bonds is 7. The number of hydrogen-bond acceptors (Lipinski definition) is 5. The molecule has 1 amide bonds. The fraction of sp³-hybridized carbons (Fsp3) is 0.579. The number of amides is 1. The molecule has 7 heteroatoms. The fourth-order valence-corrected chi connectivity index (χ4v) is 4.18. The van der Waals surface area contributed by atoms with Gasteiger partial charge in [-0.15, -0.1) is 12.4 Å². The van der Waals surface area contributed by atoms with E-state index in [0.717, 1.165) is 53.3 Å². The molecule has 1 aliphatic carbocycles. The summed E-state index contributed by atoms with van der Waals surface area (Å²) in [6.07, 6.45) is 4.12. The van der Waals surface area contributed by atoms with Gasteiger partial charge in [0.15, 0.2) is 5.13 Å². The minimum atomic E-state index is 0. The van der Waals surface area contributed by atoms with E-state index >= 15 is 0 Å². The van der Waals surface area contributed by atoms with Crippen LogP contribution in [0.15, 0.2) is 12.1 Å². The number of carbonyl (C=O) groups is 1. The fourth-order valence-electron chi connectivity index (χ4n) is 3.10. The van der Waals surface area contributed by atoms with Crippen molar-refractivity contribution in [3.05, 3.63) is 17.7 Å². The van der Waals surface area contributed by atoms with Crippen molar-refractivity contribution in [3.8, 4) is 5.75 Å². The molecule has 1 aromatic heterocycles. The number of nitrogens with zero attached hydrogens (tertiary/aromatic N) is 3. The molecule has 0 unspecified atom stereocenters. The van der Waals surface area contributed by atoms with Gasteiger partial charge in [-0.1, -0.05) is 23.8 Å². The van der Waals surface area contributed by atoms with Gasteiger partial charge < -0.3 is 9.64 Å². The highest BCUT2D eigenvalue weighted by Gasteiger charge is 2.31. The predicted molar refractivity (Wildman–Crippen MR) is 111 cm³/mol. The maximum atomic E-state index is 13.0. The summed E-state index contributed by atoms with van der Waals surface area (Å²) in [5.41, 5.74) is 2.03. The van der Waals surface area contributed by atoms with Crippen LogP contribution >= 0.6 is 23.7 Å². The zero-order valence-corrected chi connectivity index (χ0v) is 17.6. The van der Waals surface area contributed by atoms with Gasteiger partial charge in [0.1, 0.15) is 11.3 Å². The molecule has 0 atom stereocenters. The molecular formula is C19H28ClN3O2S. The lowest BCUT2D eigenvalue weighted by molar-refractivity contribution is -0.124. The van der Waals surface area contributed by atoms with Gasteiger partial charge in [0.25, 0.3) is 0 Å². The van der Waals surface area contributed by atoms with Crippen LogP contribution in [0.4, 0.5) is 5.13 Å². The van der Waals surface area contributed by atoms with Crippen LogP contribution in [0.1, 0.15) is 31.2 Å². The van der Waals surface area contributed by atoms with E-state index in [1.54, 1.807) is 18.4 Å². The second-order valence-corrected chi connectivity index (χ2v) is 8.01. The highest BCUT2D eigenvalue weighted by molar-refractivity contribution is 7.22. The molecule has 1 aromatic carbocycles. The molecule has 144 valence electrons. The Morgan fingerprint density at radius 2 is 2.04 bits per heavy atom. The molecule has 0 bridgehead atoms. The largest absolute Gasteiger partial charge is 0.494 e. The van der Waals surface area contributed by atoms with Crippen LogP contribution in [-0.4, -0.2) is 50.1 Å². The molecular weight excluding hydrogens is 370 g/mol. The summed E-state index contributed by atoms with van der Waals surface area (Å²) < 4.78 is 6.57. The summed E-state index contributed by atoms with van der Waals surface area (Å²) in [5, 5.41) is 0.804. The summed E-state index contributed by atoms with van der Waals surface area (Å²) in [4.78, 5) is 21.8. The third-order valence-electron chi connectivity index (χ3n) is 4.85. The Bertz CT molecular complexity index is 759. The lowest BCUT2D eigenvalue weighted by Gasteiger charge is -2.30. The standard InChI is InChI=1S/C19H27N3O2S.ClH/c1-13-9-10-15(24-4)16-17(13)25-19(20-16)22(12-6-11-21(2)3)18(23)14-7-5-8-14;/h9-10,14H,5-8,11-12H2,1-4H3;1H. The molecule has 1 heterocycles. The Morgan fingerprint density at radius 3 is 2.62 bits per heavy atom. The van der Waals surface area contributed by atoms with Crippen molar-refractivity contribution in [2.24, 2.45) is 5.92 Å². The number of aromatic nitrogens is 1. The molecule has 1 fully saturated rings. The third kappa shape index (κ3) is 4.30. The maximum Gasteiger partial charge on any atom is 0.231 e. The van der Waals surface area contributed by atoms with E-state index < -0.39 is 0 Å². The molecule has 0 saturated heterocycles. The minimum absolute atomic E-state index is 0. The Morgan fingerprint density at radius 1 is 1.31 bits per heavy atom. The monoisotopic (exact) mass is 397 g/mol. The number of anilines is 1. The number of fused-ring (bicyclic) bond motifs is 1. The van der Waals surface area contributed by atoms with Gasteiger partial charge in [-0.05, 0) is 58.5 Å². The Hall–Kier alpha value is -1.37. The molecule has 0 aliphatic heterocycles. The van der Waals surface area contributed by atoms with E-state index in [0.29, 0.717) is 6.54 Å². The molecule has 1 saturated carbocycles. The van der Waals surface area contributed by atoms with E-state index in [4.69, 9.17) is 9.72 Å². The normalized spacial score (nSPS) is 14.2. The van der Waals surface area contributed by atoms with Gasteiger partial charge in [0.05, 0.1) is 11.8 Å². The number of hydrogen-bond donors (Lipinski definition) is 0. The van der Waals surface area contributed by atoms with Gasteiger partial charge in [0.2, 0.25) is 5.91 Å². The van der Waals surface area contributed by atoms with E-state index in [1.807, 2.05) is 17.0 Å². The molecule has 5 nitrogen and oxygen atoms in total. The zero-order valence-electron chi connectivity index (χ0n) is 15.9. The number of benzene rings is 1. The van der Waals surface area contributed by atoms with E-state index in [9.17, 15) is 4.79 Å². The number of halogens is 1. The molecule has 2 aromatic rings. The first kappa shape index (κ1) is 20.9. The molecule has 0 N–H and O–H groups in total. The van der Waals surface area contributed by atoms with E-state index in [1.165, 1.54) is 5.56 Å². The van der Waals surface area contributed by atoms with Crippen molar-refractivity contribution in [1.29, 1.82) is 0 Å². The second-order valence-electron chi connectivity index (χ2n) is 7.03. The first-order chi connectivity index (χ1) is 12.0. The van der Waals surface area contributed by atoms with Crippen molar-refractivity contribution in [2.75, 3.05) is 39.2 Å². The molecule has 3 rings (SSSR count).